The normalized spacial score (nSPS) is 12.0. The van der Waals surface area contributed by atoms with E-state index in [0.717, 1.165) is 40.1 Å². The van der Waals surface area contributed by atoms with Crippen molar-refractivity contribution >= 4 is 50.7 Å². The van der Waals surface area contributed by atoms with E-state index in [9.17, 15) is 18.0 Å². The van der Waals surface area contributed by atoms with Crippen LogP contribution in [0.5, 0.6) is 0 Å². The van der Waals surface area contributed by atoms with Gasteiger partial charge in [-0.1, -0.05) is 96.7 Å². The molecule has 226 valence electrons. The van der Waals surface area contributed by atoms with Crippen LogP contribution < -0.4 is 9.62 Å². The number of halogens is 2. The molecule has 1 N–H and O–H groups in total. The van der Waals surface area contributed by atoms with Gasteiger partial charge in [0.2, 0.25) is 21.8 Å². The summed E-state index contributed by atoms with van der Waals surface area (Å²) in [6.45, 7) is 4.84. The lowest BCUT2D eigenvalue weighted by atomic mass is 10.0. The fraction of sp³-hybridized carbons (Fsp3) is 0.375. The number of amides is 2. The number of hydrogen-bond acceptors (Lipinski definition) is 4. The molecule has 0 aromatic heterocycles. The number of sulfonamides is 1. The van der Waals surface area contributed by atoms with E-state index < -0.39 is 16.1 Å². The van der Waals surface area contributed by atoms with Gasteiger partial charge in [-0.3, -0.25) is 13.9 Å². The van der Waals surface area contributed by atoms with E-state index in [1.807, 2.05) is 61.5 Å². The number of aryl methyl sites for hydroxylation is 1. The smallest absolute Gasteiger partial charge is 0.243 e. The maximum atomic E-state index is 13.9. The van der Waals surface area contributed by atoms with Gasteiger partial charge in [0.05, 0.1) is 17.0 Å². The SMILES string of the molecule is CCCCNC(=O)C(Cc1ccccc1)N(Cc1ccc(C)cc1)C(=O)CCCN(c1cc(Cl)ccc1Cl)S(C)(=O)=O. The predicted molar refractivity (Wildman–Crippen MR) is 171 cm³/mol. The molecule has 10 heteroatoms. The number of carbonyl (C=O) groups is 2. The monoisotopic (exact) mass is 631 g/mol. The number of hydrogen-bond donors (Lipinski definition) is 1. The van der Waals surface area contributed by atoms with Crippen molar-refractivity contribution in [2.24, 2.45) is 0 Å². The summed E-state index contributed by atoms with van der Waals surface area (Å²) in [6.07, 6.45) is 3.46. The van der Waals surface area contributed by atoms with Crippen molar-refractivity contribution in [1.82, 2.24) is 10.2 Å². The lowest BCUT2D eigenvalue weighted by Gasteiger charge is -2.32. The second-order valence-electron chi connectivity index (χ2n) is 10.4. The third kappa shape index (κ3) is 10.0. The maximum Gasteiger partial charge on any atom is 0.243 e. The van der Waals surface area contributed by atoms with Gasteiger partial charge >= 0.3 is 0 Å². The molecule has 7 nitrogen and oxygen atoms in total. The number of unbranched alkanes of at least 4 members (excludes halogenated alkanes) is 1. The fourth-order valence-electron chi connectivity index (χ4n) is 4.61. The molecular formula is C32H39Cl2N3O4S. The molecular weight excluding hydrogens is 593 g/mol. The summed E-state index contributed by atoms with van der Waals surface area (Å²) in [6, 6.07) is 21.4. The summed E-state index contributed by atoms with van der Waals surface area (Å²) in [5.41, 5.74) is 3.19. The average molecular weight is 633 g/mol. The first-order chi connectivity index (χ1) is 20.0. The Morgan fingerprint density at radius 2 is 1.62 bits per heavy atom. The number of carbonyl (C=O) groups excluding carboxylic acids is 2. The van der Waals surface area contributed by atoms with Crippen molar-refractivity contribution in [2.45, 2.75) is 58.5 Å². The number of nitrogens with zero attached hydrogens (tertiary/aromatic N) is 2. The van der Waals surface area contributed by atoms with Crippen LogP contribution in [0.15, 0.2) is 72.8 Å². The second kappa shape index (κ2) is 16.0. The Kier molecular flexibility index (Phi) is 12.7. The highest BCUT2D eigenvalue weighted by Gasteiger charge is 2.30. The largest absolute Gasteiger partial charge is 0.354 e. The summed E-state index contributed by atoms with van der Waals surface area (Å²) in [4.78, 5) is 29.1. The molecule has 0 saturated carbocycles. The van der Waals surface area contributed by atoms with Crippen molar-refractivity contribution in [3.63, 3.8) is 0 Å². The maximum absolute atomic E-state index is 13.9. The quantitative estimate of drug-likeness (QED) is 0.197. The van der Waals surface area contributed by atoms with Crippen molar-refractivity contribution in [1.29, 1.82) is 0 Å². The van der Waals surface area contributed by atoms with E-state index in [1.165, 1.54) is 12.1 Å². The van der Waals surface area contributed by atoms with Gasteiger partial charge in [-0.2, -0.15) is 0 Å². The zero-order valence-electron chi connectivity index (χ0n) is 24.4. The van der Waals surface area contributed by atoms with Crippen LogP contribution in [-0.4, -0.2) is 50.5 Å². The topological polar surface area (TPSA) is 86.8 Å². The highest BCUT2D eigenvalue weighted by atomic mass is 35.5. The molecule has 0 radical (unpaired) electrons. The summed E-state index contributed by atoms with van der Waals surface area (Å²) in [5, 5.41) is 3.60. The van der Waals surface area contributed by atoms with Crippen LogP contribution in [0.25, 0.3) is 0 Å². The lowest BCUT2D eigenvalue weighted by molar-refractivity contribution is -0.141. The molecule has 42 heavy (non-hydrogen) atoms. The molecule has 2 amide bonds. The Morgan fingerprint density at radius 3 is 2.26 bits per heavy atom. The third-order valence-corrected chi connectivity index (χ3v) is 8.64. The van der Waals surface area contributed by atoms with E-state index in [0.29, 0.717) is 18.0 Å². The molecule has 0 spiro atoms. The van der Waals surface area contributed by atoms with Crippen LogP contribution in [0.3, 0.4) is 0 Å². The van der Waals surface area contributed by atoms with E-state index >= 15 is 0 Å². The highest BCUT2D eigenvalue weighted by molar-refractivity contribution is 7.92. The average Bonchev–Trinajstić information content (AvgIpc) is 2.95. The van der Waals surface area contributed by atoms with Gasteiger partial charge < -0.3 is 10.2 Å². The first kappa shape index (κ1) is 33.4. The minimum absolute atomic E-state index is 0.0229. The number of nitrogens with one attached hydrogen (secondary N) is 1. The number of anilines is 1. The van der Waals surface area contributed by atoms with Crippen LogP contribution >= 0.6 is 23.2 Å². The number of rotatable bonds is 15. The summed E-state index contributed by atoms with van der Waals surface area (Å²) in [5.74, 6) is -0.455. The highest BCUT2D eigenvalue weighted by Crippen LogP contribution is 2.31. The summed E-state index contributed by atoms with van der Waals surface area (Å²) >= 11 is 12.4. The van der Waals surface area contributed by atoms with E-state index in [1.54, 1.807) is 11.0 Å². The van der Waals surface area contributed by atoms with Gasteiger partial charge in [0, 0.05) is 37.5 Å². The Hall–Kier alpha value is -3.07. The molecule has 0 heterocycles. The molecule has 3 aromatic carbocycles. The minimum Gasteiger partial charge on any atom is -0.354 e. The Bertz CT molecular complexity index is 1430. The minimum atomic E-state index is -3.71. The zero-order chi connectivity index (χ0) is 30.7. The van der Waals surface area contributed by atoms with Crippen molar-refractivity contribution in [3.05, 3.63) is 99.5 Å². The zero-order valence-corrected chi connectivity index (χ0v) is 26.7. The molecule has 0 saturated heterocycles. The fourth-order valence-corrected chi connectivity index (χ4v) is 6.01. The first-order valence-corrected chi connectivity index (χ1v) is 16.7. The lowest BCUT2D eigenvalue weighted by Crippen LogP contribution is -2.50. The van der Waals surface area contributed by atoms with Gasteiger partial charge in [0.25, 0.3) is 0 Å². The first-order valence-electron chi connectivity index (χ1n) is 14.1. The van der Waals surface area contributed by atoms with Crippen LogP contribution in [0, 0.1) is 6.92 Å². The van der Waals surface area contributed by atoms with Crippen molar-refractivity contribution < 1.29 is 18.0 Å². The Balaban J connectivity index is 1.88. The summed E-state index contributed by atoms with van der Waals surface area (Å²) in [7, 11) is -3.71. The third-order valence-electron chi connectivity index (χ3n) is 6.90. The van der Waals surface area contributed by atoms with Crippen LogP contribution in [0.4, 0.5) is 5.69 Å². The van der Waals surface area contributed by atoms with Gasteiger partial charge in [-0.25, -0.2) is 8.42 Å². The molecule has 3 rings (SSSR count). The molecule has 0 aliphatic heterocycles. The number of benzene rings is 3. The molecule has 0 bridgehead atoms. The molecule has 0 aliphatic carbocycles. The van der Waals surface area contributed by atoms with E-state index in [-0.39, 0.29) is 48.5 Å². The standard InChI is InChI=1S/C32H39Cl2N3O4S/c1-4-5-19-35-32(39)30(21-25-10-7-6-8-11-25)36(23-26-15-13-24(2)14-16-26)31(38)12-9-20-37(42(3,40)41)29-22-27(33)17-18-28(29)34/h6-8,10-11,13-18,22,30H,4-5,9,12,19-21,23H2,1-3H3,(H,35,39). The summed E-state index contributed by atoms with van der Waals surface area (Å²) < 4.78 is 26.5. The van der Waals surface area contributed by atoms with Gasteiger partial charge in [-0.05, 0) is 49.1 Å². The molecule has 1 unspecified atom stereocenters. The molecule has 0 aliphatic rings. The van der Waals surface area contributed by atoms with Crippen molar-refractivity contribution in [2.75, 3.05) is 23.7 Å². The second-order valence-corrected chi connectivity index (χ2v) is 13.1. The van der Waals surface area contributed by atoms with Crippen LogP contribution in [0.1, 0.15) is 49.3 Å². The predicted octanol–water partition coefficient (Wildman–Crippen LogP) is 6.40. The van der Waals surface area contributed by atoms with Gasteiger partial charge in [0.15, 0.2) is 0 Å². The Labute approximate surface area is 259 Å². The van der Waals surface area contributed by atoms with Crippen molar-refractivity contribution in [3.8, 4) is 0 Å². The van der Waals surface area contributed by atoms with E-state index in [2.05, 4.69) is 12.2 Å². The Morgan fingerprint density at radius 1 is 0.929 bits per heavy atom. The molecule has 0 fully saturated rings. The van der Waals surface area contributed by atoms with Crippen LogP contribution in [0.2, 0.25) is 10.0 Å². The molecule has 3 aromatic rings. The molecule has 1 atom stereocenters. The van der Waals surface area contributed by atoms with E-state index in [4.69, 9.17) is 23.2 Å². The van der Waals surface area contributed by atoms with Gasteiger partial charge in [0.1, 0.15) is 6.04 Å². The van der Waals surface area contributed by atoms with Gasteiger partial charge in [-0.15, -0.1) is 0 Å². The van der Waals surface area contributed by atoms with Crippen LogP contribution in [-0.2, 0) is 32.6 Å².